The van der Waals surface area contributed by atoms with Gasteiger partial charge in [0.15, 0.2) is 11.5 Å². The molecule has 0 fully saturated rings. The van der Waals surface area contributed by atoms with Crippen molar-refractivity contribution in [2.75, 3.05) is 20.2 Å². The van der Waals surface area contributed by atoms with E-state index in [0.717, 1.165) is 49.0 Å². The second-order valence-corrected chi connectivity index (χ2v) is 8.34. The minimum Gasteiger partial charge on any atom is -0.508 e. The van der Waals surface area contributed by atoms with Crippen LogP contribution in [0.4, 0.5) is 0 Å². The molecule has 4 N–H and O–H groups in total. The molecule has 1 heterocycles. The number of rotatable bonds is 6. The van der Waals surface area contributed by atoms with Gasteiger partial charge in [0.2, 0.25) is 0 Å². The first-order valence-electron chi connectivity index (χ1n) is 10.9. The van der Waals surface area contributed by atoms with Crippen LogP contribution in [0, 0.1) is 0 Å². The molecule has 3 aromatic carbocycles. The molecule has 0 saturated carbocycles. The number of methoxy groups -OCH3 is 1. The minimum absolute atomic E-state index is 0.249. The number of nitrogens with one attached hydrogen (secondary N) is 2. The van der Waals surface area contributed by atoms with Crippen molar-refractivity contribution in [3.63, 3.8) is 0 Å². The zero-order valence-electron chi connectivity index (χ0n) is 17.7. The summed E-state index contributed by atoms with van der Waals surface area (Å²) < 4.78 is 5.77. The van der Waals surface area contributed by atoms with E-state index >= 15 is 0 Å². The van der Waals surface area contributed by atoms with Crippen molar-refractivity contribution >= 4 is 0 Å². The molecule has 1 aliphatic heterocycles. The molecule has 160 valence electrons. The normalized spacial score (nSPS) is 16.5. The van der Waals surface area contributed by atoms with E-state index in [1.165, 1.54) is 22.3 Å². The second-order valence-electron chi connectivity index (χ2n) is 8.34. The Morgan fingerprint density at radius 3 is 2.71 bits per heavy atom. The van der Waals surface area contributed by atoms with E-state index < -0.39 is 0 Å². The Balaban J connectivity index is 1.47. The zero-order valence-corrected chi connectivity index (χ0v) is 17.7. The molecule has 0 saturated heterocycles. The Morgan fingerprint density at radius 1 is 1.10 bits per heavy atom. The summed E-state index contributed by atoms with van der Waals surface area (Å²) in [7, 11) is 1.64. The maximum atomic E-state index is 11.2. The standard InChI is InChI=1S/C26H28N2O3/c1-31-26-24-19-5-3-2-4-17(19)14-22-23(24)20(11-13-28-22)21(25(26)30)15-27-12-10-16-6-8-18(29)9-7-16/h2-9,22,27-30H,10-15H2,1H3. The van der Waals surface area contributed by atoms with Gasteiger partial charge in [0, 0.05) is 23.7 Å². The molecule has 31 heavy (non-hydrogen) atoms. The molecule has 5 nitrogen and oxygen atoms in total. The van der Waals surface area contributed by atoms with Crippen molar-refractivity contribution in [3.8, 4) is 28.4 Å². The summed E-state index contributed by atoms with van der Waals surface area (Å²) in [6.45, 7) is 2.29. The van der Waals surface area contributed by atoms with Crippen LogP contribution in [0.15, 0.2) is 48.5 Å². The summed E-state index contributed by atoms with van der Waals surface area (Å²) >= 11 is 0. The summed E-state index contributed by atoms with van der Waals surface area (Å²) in [6.07, 6.45) is 2.71. The van der Waals surface area contributed by atoms with E-state index in [-0.39, 0.29) is 17.5 Å². The molecule has 1 unspecified atom stereocenters. The first-order chi connectivity index (χ1) is 15.2. The molecule has 1 atom stereocenters. The van der Waals surface area contributed by atoms with Gasteiger partial charge < -0.3 is 25.6 Å². The molecule has 0 radical (unpaired) electrons. The van der Waals surface area contributed by atoms with Crippen LogP contribution in [0.1, 0.15) is 33.9 Å². The first kappa shape index (κ1) is 19.9. The van der Waals surface area contributed by atoms with Crippen LogP contribution in [0.3, 0.4) is 0 Å². The lowest BCUT2D eigenvalue weighted by molar-refractivity contribution is 0.366. The first-order valence-corrected chi connectivity index (χ1v) is 10.9. The van der Waals surface area contributed by atoms with Gasteiger partial charge in [0.05, 0.1) is 7.11 Å². The number of fused-ring (bicyclic) bond motifs is 2. The third kappa shape index (κ3) is 3.54. The lowest BCUT2D eigenvalue weighted by Crippen LogP contribution is -2.35. The fraction of sp³-hybridized carbons (Fsp3) is 0.308. The quantitative estimate of drug-likeness (QED) is 0.460. The third-order valence-corrected chi connectivity index (χ3v) is 6.54. The molecular formula is C26H28N2O3. The molecule has 3 aromatic rings. The topological polar surface area (TPSA) is 73.8 Å². The van der Waals surface area contributed by atoms with E-state index in [1.807, 2.05) is 12.1 Å². The SMILES string of the molecule is COc1c(O)c(CNCCc2ccc(O)cc2)c2c3c1-c1ccccc1CC3NCC2. The van der Waals surface area contributed by atoms with Gasteiger partial charge in [0.25, 0.3) is 0 Å². The van der Waals surface area contributed by atoms with Crippen LogP contribution in [-0.2, 0) is 25.8 Å². The van der Waals surface area contributed by atoms with Gasteiger partial charge in [-0.3, -0.25) is 0 Å². The van der Waals surface area contributed by atoms with Crippen LogP contribution in [0.5, 0.6) is 17.2 Å². The summed E-state index contributed by atoms with van der Waals surface area (Å²) in [4.78, 5) is 0. The van der Waals surface area contributed by atoms with E-state index in [9.17, 15) is 10.2 Å². The summed E-state index contributed by atoms with van der Waals surface area (Å²) in [5.74, 6) is 1.12. The number of phenols is 2. The van der Waals surface area contributed by atoms with Crippen molar-refractivity contribution in [2.24, 2.45) is 0 Å². The van der Waals surface area contributed by atoms with Gasteiger partial charge in [-0.1, -0.05) is 36.4 Å². The maximum Gasteiger partial charge on any atom is 0.168 e. The molecule has 1 aliphatic carbocycles. The Bertz CT molecular complexity index is 1110. The lowest BCUT2D eigenvalue weighted by atomic mass is 9.75. The highest BCUT2D eigenvalue weighted by molar-refractivity contribution is 5.84. The largest absolute Gasteiger partial charge is 0.508 e. The minimum atomic E-state index is 0.249. The van der Waals surface area contributed by atoms with Crippen LogP contribution in [0.2, 0.25) is 0 Å². The smallest absolute Gasteiger partial charge is 0.168 e. The van der Waals surface area contributed by atoms with Crippen molar-refractivity contribution < 1.29 is 14.9 Å². The fourth-order valence-electron chi connectivity index (χ4n) is 5.08. The van der Waals surface area contributed by atoms with Crippen LogP contribution < -0.4 is 15.4 Å². The van der Waals surface area contributed by atoms with E-state index in [0.29, 0.717) is 12.3 Å². The molecular weight excluding hydrogens is 388 g/mol. The molecule has 2 aliphatic rings. The fourth-order valence-corrected chi connectivity index (χ4v) is 5.08. The van der Waals surface area contributed by atoms with Crippen LogP contribution >= 0.6 is 0 Å². The highest BCUT2D eigenvalue weighted by Crippen LogP contribution is 2.52. The van der Waals surface area contributed by atoms with E-state index in [2.05, 4.69) is 34.9 Å². The van der Waals surface area contributed by atoms with Gasteiger partial charge in [-0.15, -0.1) is 0 Å². The molecule has 0 aromatic heterocycles. The van der Waals surface area contributed by atoms with Gasteiger partial charge in [-0.05, 0) is 72.3 Å². The monoisotopic (exact) mass is 416 g/mol. The Kier molecular flexibility index (Phi) is 5.30. The van der Waals surface area contributed by atoms with Crippen molar-refractivity contribution in [3.05, 3.63) is 76.3 Å². The molecule has 0 bridgehead atoms. The number of phenolic OH excluding ortho intramolecular Hbond substituents is 2. The number of benzene rings is 3. The van der Waals surface area contributed by atoms with E-state index in [1.54, 1.807) is 19.2 Å². The molecule has 0 spiro atoms. The Labute approximate surface area is 182 Å². The Morgan fingerprint density at radius 2 is 1.90 bits per heavy atom. The molecule has 5 rings (SSSR count). The summed E-state index contributed by atoms with van der Waals surface area (Å²) in [5, 5.41) is 27.8. The molecule has 0 amide bonds. The van der Waals surface area contributed by atoms with Crippen LogP contribution in [-0.4, -0.2) is 30.4 Å². The van der Waals surface area contributed by atoms with Gasteiger partial charge in [0.1, 0.15) is 5.75 Å². The number of ether oxygens (including phenoxy) is 1. The van der Waals surface area contributed by atoms with Crippen LogP contribution in [0.25, 0.3) is 11.1 Å². The molecule has 5 heteroatoms. The summed E-state index contributed by atoms with van der Waals surface area (Å²) in [5.41, 5.74) is 8.16. The summed E-state index contributed by atoms with van der Waals surface area (Å²) in [6, 6.07) is 16.0. The van der Waals surface area contributed by atoms with Gasteiger partial charge in [-0.2, -0.15) is 0 Å². The maximum absolute atomic E-state index is 11.2. The number of aromatic hydroxyl groups is 2. The van der Waals surface area contributed by atoms with Crippen molar-refractivity contribution in [2.45, 2.75) is 31.8 Å². The zero-order chi connectivity index (χ0) is 21.4. The average Bonchev–Trinajstić information content (AvgIpc) is 2.79. The lowest BCUT2D eigenvalue weighted by Gasteiger charge is -2.37. The van der Waals surface area contributed by atoms with Gasteiger partial charge in [-0.25, -0.2) is 0 Å². The van der Waals surface area contributed by atoms with Crippen molar-refractivity contribution in [1.82, 2.24) is 10.6 Å². The highest BCUT2D eigenvalue weighted by atomic mass is 16.5. The number of hydrogen-bond acceptors (Lipinski definition) is 5. The highest BCUT2D eigenvalue weighted by Gasteiger charge is 2.35. The van der Waals surface area contributed by atoms with E-state index in [4.69, 9.17) is 4.74 Å². The number of hydrogen-bond donors (Lipinski definition) is 4. The predicted octanol–water partition coefficient (Wildman–Crippen LogP) is 3.85. The third-order valence-electron chi connectivity index (χ3n) is 6.54. The second kappa shape index (κ2) is 8.25. The van der Waals surface area contributed by atoms with Gasteiger partial charge >= 0.3 is 0 Å². The average molecular weight is 417 g/mol. The predicted molar refractivity (Wildman–Crippen MR) is 122 cm³/mol. The Hall–Kier alpha value is -3.02. The van der Waals surface area contributed by atoms with Crippen molar-refractivity contribution in [1.29, 1.82) is 0 Å².